The lowest BCUT2D eigenvalue weighted by molar-refractivity contribution is 1.08. The van der Waals surface area contributed by atoms with Crippen molar-refractivity contribution >= 4 is 32.3 Å². The van der Waals surface area contributed by atoms with Crippen molar-refractivity contribution < 1.29 is 0 Å². The van der Waals surface area contributed by atoms with Crippen LogP contribution in [0.4, 0.5) is 0 Å². The van der Waals surface area contributed by atoms with Crippen molar-refractivity contribution in [2.45, 2.75) is 0 Å². The van der Waals surface area contributed by atoms with Gasteiger partial charge in [0.15, 0.2) is 17.5 Å². The van der Waals surface area contributed by atoms with Crippen LogP contribution in [0.2, 0.25) is 0 Å². The van der Waals surface area contributed by atoms with E-state index in [1.165, 1.54) is 43.6 Å². The summed E-state index contributed by atoms with van der Waals surface area (Å²) in [6.07, 6.45) is 0. The first kappa shape index (κ1) is 31.5. The number of rotatable bonds is 6. The Labute approximate surface area is 313 Å². The highest BCUT2D eigenvalue weighted by Gasteiger charge is 2.16. The topological polar surface area (TPSA) is 38.7 Å². The Morgan fingerprint density at radius 3 is 1.43 bits per heavy atom. The Balaban J connectivity index is 1.09. The summed E-state index contributed by atoms with van der Waals surface area (Å²) in [7, 11) is 0. The van der Waals surface area contributed by atoms with Crippen molar-refractivity contribution in [1.29, 1.82) is 0 Å². The summed E-state index contributed by atoms with van der Waals surface area (Å²) in [5, 5.41) is 7.12. The van der Waals surface area contributed by atoms with Gasteiger partial charge in [-0.05, 0) is 83.9 Å². The van der Waals surface area contributed by atoms with Gasteiger partial charge in [0.05, 0.1) is 0 Å². The molecular formula is C51H33N3. The van der Waals surface area contributed by atoms with Gasteiger partial charge >= 0.3 is 0 Å². The first-order valence-corrected chi connectivity index (χ1v) is 18.3. The standard InChI is InChI=1S/C51H33N3/c1-3-11-34(12-4-1)36-21-23-38(24-22-36)49-52-50(54-51(53-49)48-20-10-19-46-45-18-8-7-15-37(45)29-30-47(46)48)44-17-9-16-39(33-44)41-27-28-42-31-40(25-26-43(42)32-41)35-13-5-2-6-14-35/h1-33H. The number of hydrogen-bond acceptors (Lipinski definition) is 3. The number of benzene rings is 9. The van der Waals surface area contributed by atoms with Crippen LogP contribution in [0.3, 0.4) is 0 Å². The van der Waals surface area contributed by atoms with Crippen LogP contribution < -0.4 is 0 Å². The highest BCUT2D eigenvalue weighted by Crippen LogP contribution is 2.35. The molecule has 252 valence electrons. The van der Waals surface area contributed by atoms with Crippen molar-refractivity contribution in [2.24, 2.45) is 0 Å². The smallest absolute Gasteiger partial charge is 0.164 e. The van der Waals surface area contributed by atoms with E-state index >= 15 is 0 Å². The zero-order valence-electron chi connectivity index (χ0n) is 29.4. The maximum absolute atomic E-state index is 5.20. The first-order valence-electron chi connectivity index (χ1n) is 18.3. The molecule has 9 aromatic carbocycles. The van der Waals surface area contributed by atoms with E-state index in [2.05, 4.69) is 194 Å². The van der Waals surface area contributed by atoms with Gasteiger partial charge in [0.1, 0.15) is 0 Å². The minimum Gasteiger partial charge on any atom is -0.208 e. The van der Waals surface area contributed by atoms with Gasteiger partial charge in [-0.15, -0.1) is 0 Å². The molecule has 0 radical (unpaired) electrons. The average Bonchev–Trinajstić information content (AvgIpc) is 3.26. The molecule has 0 aliphatic rings. The summed E-state index contributed by atoms with van der Waals surface area (Å²) in [5.41, 5.74) is 9.85. The summed E-state index contributed by atoms with van der Waals surface area (Å²) >= 11 is 0. The van der Waals surface area contributed by atoms with Crippen molar-refractivity contribution in [3.63, 3.8) is 0 Å². The predicted molar refractivity (Wildman–Crippen MR) is 225 cm³/mol. The molecule has 0 unspecified atom stereocenters. The van der Waals surface area contributed by atoms with E-state index in [-0.39, 0.29) is 0 Å². The van der Waals surface area contributed by atoms with E-state index in [1.54, 1.807) is 0 Å². The average molecular weight is 688 g/mol. The second-order valence-corrected chi connectivity index (χ2v) is 13.7. The molecule has 0 saturated heterocycles. The third-order valence-corrected chi connectivity index (χ3v) is 10.3. The summed E-state index contributed by atoms with van der Waals surface area (Å²) in [6, 6.07) is 70.6. The van der Waals surface area contributed by atoms with Gasteiger partial charge in [-0.2, -0.15) is 0 Å². The number of hydrogen-bond donors (Lipinski definition) is 0. The SMILES string of the molecule is c1ccc(-c2ccc(-c3nc(-c4cccc(-c5ccc6cc(-c7ccccc7)ccc6c5)c4)nc(-c4cccc5c4ccc4ccccc45)n3)cc2)cc1. The van der Waals surface area contributed by atoms with E-state index in [0.717, 1.165) is 38.8 Å². The third-order valence-electron chi connectivity index (χ3n) is 10.3. The lowest BCUT2D eigenvalue weighted by atomic mass is 9.97. The van der Waals surface area contributed by atoms with Crippen molar-refractivity contribution in [3.8, 4) is 67.5 Å². The molecule has 0 aliphatic carbocycles. The molecular weight excluding hydrogens is 655 g/mol. The normalized spacial score (nSPS) is 11.3. The molecule has 3 nitrogen and oxygen atoms in total. The van der Waals surface area contributed by atoms with Gasteiger partial charge in [0.25, 0.3) is 0 Å². The fourth-order valence-electron chi connectivity index (χ4n) is 7.51. The van der Waals surface area contributed by atoms with E-state index in [9.17, 15) is 0 Å². The van der Waals surface area contributed by atoms with Gasteiger partial charge in [-0.1, -0.05) is 182 Å². The molecule has 0 saturated carbocycles. The Bertz CT molecular complexity index is 2970. The molecule has 10 rings (SSSR count). The molecule has 1 aromatic heterocycles. The fraction of sp³-hybridized carbons (Fsp3) is 0. The molecule has 0 aliphatic heterocycles. The summed E-state index contributed by atoms with van der Waals surface area (Å²) in [4.78, 5) is 15.5. The highest BCUT2D eigenvalue weighted by molar-refractivity contribution is 6.11. The molecule has 10 aromatic rings. The van der Waals surface area contributed by atoms with Crippen molar-refractivity contribution in [2.75, 3.05) is 0 Å². The van der Waals surface area contributed by atoms with Crippen LogP contribution >= 0.6 is 0 Å². The minimum absolute atomic E-state index is 0.634. The zero-order chi connectivity index (χ0) is 35.8. The first-order chi connectivity index (χ1) is 26.7. The van der Waals surface area contributed by atoms with Crippen LogP contribution in [0.25, 0.3) is 99.9 Å². The number of nitrogens with zero attached hydrogens (tertiary/aromatic N) is 3. The van der Waals surface area contributed by atoms with Crippen molar-refractivity contribution in [1.82, 2.24) is 15.0 Å². The summed E-state index contributed by atoms with van der Waals surface area (Å²) in [6.45, 7) is 0. The molecule has 0 N–H and O–H groups in total. The molecule has 0 spiro atoms. The van der Waals surface area contributed by atoms with E-state index in [1.807, 2.05) is 6.07 Å². The molecule has 3 heteroatoms. The molecule has 54 heavy (non-hydrogen) atoms. The van der Waals surface area contributed by atoms with Gasteiger partial charge in [0, 0.05) is 16.7 Å². The second kappa shape index (κ2) is 13.4. The monoisotopic (exact) mass is 687 g/mol. The number of aromatic nitrogens is 3. The van der Waals surface area contributed by atoms with Gasteiger partial charge in [-0.3, -0.25) is 0 Å². The maximum atomic E-state index is 5.20. The molecule has 0 amide bonds. The lowest BCUT2D eigenvalue weighted by Crippen LogP contribution is -2.01. The molecule has 0 fully saturated rings. The Morgan fingerprint density at radius 1 is 0.222 bits per heavy atom. The lowest BCUT2D eigenvalue weighted by Gasteiger charge is -2.12. The van der Waals surface area contributed by atoms with Crippen LogP contribution in [0.1, 0.15) is 0 Å². The van der Waals surface area contributed by atoms with Gasteiger partial charge in [0.2, 0.25) is 0 Å². The Morgan fingerprint density at radius 2 is 0.685 bits per heavy atom. The molecule has 0 atom stereocenters. The van der Waals surface area contributed by atoms with Gasteiger partial charge < -0.3 is 0 Å². The van der Waals surface area contributed by atoms with E-state index < -0.39 is 0 Å². The van der Waals surface area contributed by atoms with E-state index in [0.29, 0.717) is 17.5 Å². The van der Waals surface area contributed by atoms with Crippen LogP contribution in [0, 0.1) is 0 Å². The number of fused-ring (bicyclic) bond motifs is 4. The highest BCUT2D eigenvalue weighted by atomic mass is 15.0. The van der Waals surface area contributed by atoms with Crippen LogP contribution in [-0.4, -0.2) is 15.0 Å². The van der Waals surface area contributed by atoms with Crippen LogP contribution in [0.5, 0.6) is 0 Å². The predicted octanol–water partition coefficient (Wildman–Crippen LogP) is 13.3. The Hall–Kier alpha value is -7.23. The van der Waals surface area contributed by atoms with E-state index in [4.69, 9.17) is 15.0 Å². The van der Waals surface area contributed by atoms with Crippen molar-refractivity contribution in [3.05, 3.63) is 200 Å². The maximum Gasteiger partial charge on any atom is 0.164 e. The second-order valence-electron chi connectivity index (χ2n) is 13.7. The third kappa shape index (κ3) is 5.88. The molecule has 1 heterocycles. The largest absolute Gasteiger partial charge is 0.208 e. The zero-order valence-corrected chi connectivity index (χ0v) is 29.4. The van der Waals surface area contributed by atoms with Crippen LogP contribution in [0.15, 0.2) is 200 Å². The fourth-order valence-corrected chi connectivity index (χ4v) is 7.51. The van der Waals surface area contributed by atoms with Crippen LogP contribution in [-0.2, 0) is 0 Å². The van der Waals surface area contributed by atoms with Gasteiger partial charge in [-0.25, -0.2) is 15.0 Å². The molecule has 0 bridgehead atoms. The summed E-state index contributed by atoms with van der Waals surface area (Å²) in [5.74, 6) is 1.92. The Kier molecular flexibility index (Phi) is 7.81. The quantitative estimate of drug-likeness (QED) is 0.163. The summed E-state index contributed by atoms with van der Waals surface area (Å²) < 4.78 is 0. The minimum atomic E-state index is 0.634.